The molecule has 0 aromatic carbocycles. The molecule has 0 aliphatic heterocycles. The van der Waals surface area contributed by atoms with Crippen LogP contribution in [0, 0.1) is 0 Å². The Balaban J connectivity index is 2.17. The third kappa shape index (κ3) is 3.17. The minimum atomic E-state index is -0.0134. The second kappa shape index (κ2) is 5.93. The van der Waals surface area contributed by atoms with Crippen molar-refractivity contribution in [2.75, 3.05) is 32.5 Å². The minimum absolute atomic E-state index is 0.0134. The van der Waals surface area contributed by atoms with Gasteiger partial charge < -0.3 is 19.9 Å². The lowest BCUT2D eigenvalue weighted by molar-refractivity contribution is 0.0707. The van der Waals surface area contributed by atoms with Gasteiger partial charge in [-0.3, -0.25) is 4.79 Å². The van der Waals surface area contributed by atoms with Gasteiger partial charge in [0.1, 0.15) is 5.69 Å². The molecule has 1 aromatic heterocycles. The number of carbonyl (C=O) groups excluding carboxylic acids is 1. The summed E-state index contributed by atoms with van der Waals surface area (Å²) in [5.74, 6) is -0.0134. The molecule has 0 radical (unpaired) electrons. The van der Waals surface area contributed by atoms with E-state index in [1.807, 2.05) is 10.8 Å². The van der Waals surface area contributed by atoms with Gasteiger partial charge in [0.15, 0.2) is 0 Å². The number of ether oxygens (including phenoxy) is 1. The Hall–Kier alpha value is -1.75. The maximum atomic E-state index is 12.6. The fourth-order valence-electron chi connectivity index (χ4n) is 2.12. The zero-order valence-corrected chi connectivity index (χ0v) is 11.3. The van der Waals surface area contributed by atoms with Crippen molar-refractivity contribution in [2.45, 2.75) is 18.9 Å². The second-order valence-corrected chi connectivity index (χ2v) is 4.83. The zero-order chi connectivity index (χ0) is 13.8. The van der Waals surface area contributed by atoms with E-state index in [0.29, 0.717) is 37.1 Å². The van der Waals surface area contributed by atoms with Crippen LogP contribution in [-0.4, -0.2) is 42.2 Å². The van der Waals surface area contributed by atoms with Crippen LogP contribution in [0.2, 0.25) is 0 Å². The summed E-state index contributed by atoms with van der Waals surface area (Å²) >= 11 is 0. The molecule has 1 heterocycles. The van der Waals surface area contributed by atoms with E-state index in [2.05, 4.69) is 6.58 Å². The number of aromatic nitrogens is 1. The quantitative estimate of drug-likeness (QED) is 0.761. The van der Waals surface area contributed by atoms with Crippen LogP contribution < -0.4 is 5.73 Å². The third-order valence-corrected chi connectivity index (χ3v) is 3.23. The van der Waals surface area contributed by atoms with Crippen molar-refractivity contribution in [1.82, 2.24) is 9.47 Å². The predicted octanol–water partition coefficient (Wildman–Crippen LogP) is 1.68. The van der Waals surface area contributed by atoms with Gasteiger partial charge in [0.05, 0.1) is 12.3 Å². The van der Waals surface area contributed by atoms with Crippen molar-refractivity contribution < 1.29 is 9.53 Å². The molecule has 5 nitrogen and oxygen atoms in total. The summed E-state index contributed by atoms with van der Waals surface area (Å²) < 4.78 is 7.04. The number of nitrogens with zero attached hydrogens (tertiary/aromatic N) is 2. The molecule has 1 saturated carbocycles. The van der Waals surface area contributed by atoms with E-state index in [1.165, 1.54) is 0 Å². The van der Waals surface area contributed by atoms with Gasteiger partial charge in [0.25, 0.3) is 5.91 Å². The Kier molecular flexibility index (Phi) is 4.27. The number of hydrogen-bond acceptors (Lipinski definition) is 3. The van der Waals surface area contributed by atoms with Crippen LogP contribution in [0.15, 0.2) is 24.9 Å². The Morgan fingerprint density at radius 1 is 1.68 bits per heavy atom. The lowest BCUT2D eigenvalue weighted by Crippen LogP contribution is -2.35. The van der Waals surface area contributed by atoms with Crippen LogP contribution in [0.25, 0.3) is 0 Å². The minimum Gasteiger partial charge on any atom is -0.397 e. The number of rotatable bonds is 7. The number of carbonyl (C=O) groups is 1. The first-order chi connectivity index (χ1) is 9.17. The highest BCUT2D eigenvalue weighted by atomic mass is 16.5. The standard InChI is InChI=1S/C14H21N3O2/c1-3-6-16(7-8-19-2)14(18)13-9-11(15)10-17(13)12-4-5-12/h3,9-10,12H,1,4-8,15H2,2H3. The largest absolute Gasteiger partial charge is 0.397 e. The smallest absolute Gasteiger partial charge is 0.270 e. The molecule has 5 heteroatoms. The van der Waals surface area contributed by atoms with Gasteiger partial charge >= 0.3 is 0 Å². The molecule has 19 heavy (non-hydrogen) atoms. The third-order valence-electron chi connectivity index (χ3n) is 3.23. The predicted molar refractivity (Wildman–Crippen MR) is 75.1 cm³/mol. The maximum absolute atomic E-state index is 12.6. The molecule has 0 saturated heterocycles. The molecule has 104 valence electrons. The first-order valence-corrected chi connectivity index (χ1v) is 6.53. The summed E-state index contributed by atoms with van der Waals surface area (Å²) in [6, 6.07) is 2.19. The SMILES string of the molecule is C=CCN(CCOC)C(=O)c1cc(N)cn1C1CC1. The van der Waals surface area contributed by atoms with Crippen molar-refractivity contribution in [3.8, 4) is 0 Å². The highest BCUT2D eigenvalue weighted by molar-refractivity contribution is 5.94. The van der Waals surface area contributed by atoms with E-state index in [-0.39, 0.29) is 5.91 Å². The highest BCUT2D eigenvalue weighted by Crippen LogP contribution is 2.37. The van der Waals surface area contributed by atoms with Crippen LogP contribution >= 0.6 is 0 Å². The monoisotopic (exact) mass is 263 g/mol. The van der Waals surface area contributed by atoms with Crippen LogP contribution in [0.3, 0.4) is 0 Å². The van der Waals surface area contributed by atoms with E-state index in [0.717, 1.165) is 12.8 Å². The van der Waals surface area contributed by atoms with Crippen LogP contribution in [0.5, 0.6) is 0 Å². The fourth-order valence-corrected chi connectivity index (χ4v) is 2.12. The van der Waals surface area contributed by atoms with E-state index in [4.69, 9.17) is 10.5 Å². The fraction of sp³-hybridized carbons (Fsp3) is 0.500. The topological polar surface area (TPSA) is 60.5 Å². The molecular formula is C14H21N3O2. The first-order valence-electron chi connectivity index (χ1n) is 6.53. The van der Waals surface area contributed by atoms with Crippen LogP contribution in [0.4, 0.5) is 5.69 Å². The number of hydrogen-bond donors (Lipinski definition) is 1. The molecule has 0 atom stereocenters. The van der Waals surface area contributed by atoms with Crippen molar-refractivity contribution >= 4 is 11.6 Å². The van der Waals surface area contributed by atoms with E-state index < -0.39 is 0 Å². The molecule has 0 bridgehead atoms. The summed E-state index contributed by atoms with van der Waals surface area (Å²) in [6.45, 7) is 5.27. The molecule has 1 aliphatic carbocycles. The lowest BCUT2D eigenvalue weighted by Gasteiger charge is -2.21. The van der Waals surface area contributed by atoms with Gasteiger partial charge in [-0.05, 0) is 18.9 Å². The van der Waals surface area contributed by atoms with E-state index in [1.54, 1.807) is 24.2 Å². The Bertz CT molecular complexity index is 463. The Morgan fingerprint density at radius 2 is 2.42 bits per heavy atom. The molecule has 1 amide bonds. The normalized spacial score (nSPS) is 14.4. The Morgan fingerprint density at radius 3 is 3.00 bits per heavy atom. The van der Waals surface area contributed by atoms with Crippen molar-refractivity contribution in [1.29, 1.82) is 0 Å². The first kappa shape index (κ1) is 13.7. The number of nitrogens with two attached hydrogens (primary N) is 1. The molecule has 0 unspecified atom stereocenters. The van der Waals surface area contributed by atoms with Gasteiger partial charge in [0, 0.05) is 32.4 Å². The number of nitrogen functional groups attached to an aromatic ring is 1. The van der Waals surface area contributed by atoms with Gasteiger partial charge in [-0.1, -0.05) is 6.08 Å². The van der Waals surface area contributed by atoms with Crippen molar-refractivity contribution in [2.24, 2.45) is 0 Å². The van der Waals surface area contributed by atoms with Crippen LogP contribution in [-0.2, 0) is 4.74 Å². The molecule has 0 spiro atoms. The van der Waals surface area contributed by atoms with Gasteiger partial charge in [-0.25, -0.2) is 0 Å². The number of amides is 1. The summed E-state index contributed by atoms with van der Waals surface area (Å²) in [4.78, 5) is 14.3. The zero-order valence-electron chi connectivity index (χ0n) is 11.3. The second-order valence-electron chi connectivity index (χ2n) is 4.83. The molecule has 1 aromatic rings. The van der Waals surface area contributed by atoms with E-state index in [9.17, 15) is 4.79 Å². The summed E-state index contributed by atoms with van der Waals surface area (Å²) in [5, 5.41) is 0. The average Bonchev–Trinajstić information content (AvgIpc) is 3.17. The molecule has 2 N–H and O–H groups in total. The number of methoxy groups -OCH3 is 1. The highest BCUT2D eigenvalue weighted by Gasteiger charge is 2.29. The summed E-state index contributed by atoms with van der Waals surface area (Å²) in [6.07, 6.45) is 5.82. The molecule has 2 rings (SSSR count). The van der Waals surface area contributed by atoms with Gasteiger partial charge in [-0.2, -0.15) is 0 Å². The maximum Gasteiger partial charge on any atom is 0.270 e. The molecular weight excluding hydrogens is 242 g/mol. The van der Waals surface area contributed by atoms with Crippen molar-refractivity contribution in [3.63, 3.8) is 0 Å². The summed E-state index contributed by atoms with van der Waals surface area (Å²) in [7, 11) is 1.63. The molecule has 1 fully saturated rings. The molecule has 1 aliphatic rings. The average molecular weight is 263 g/mol. The van der Waals surface area contributed by atoms with E-state index >= 15 is 0 Å². The summed E-state index contributed by atoms with van der Waals surface area (Å²) in [5.41, 5.74) is 7.12. The van der Waals surface area contributed by atoms with Gasteiger partial charge in [0.2, 0.25) is 0 Å². The lowest BCUT2D eigenvalue weighted by atomic mass is 10.3. The number of anilines is 1. The van der Waals surface area contributed by atoms with Crippen LogP contribution in [0.1, 0.15) is 29.4 Å². The van der Waals surface area contributed by atoms with Gasteiger partial charge in [-0.15, -0.1) is 6.58 Å². The van der Waals surface area contributed by atoms with Crippen molar-refractivity contribution in [3.05, 3.63) is 30.6 Å². The Labute approximate surface area is 113 Å².